The Morgan fingerprint density at radius 2 is 1.63 bits per heavy atom. The van der Waals surface area contributed by atoms with Crippen molar-refractivity contribution in [1.82, 2.24) is 4.90 Å². The highest BCUT2D eigenvalue weighted by atomic mass is 32.2. The molecule has 0 aromatic heterocycles. The van der Waals surface area contributed by atoms with E-state index in [-0.39, 0.29) is 10.8 Å². The van der Waals surface area contributed by atoms with Gasteiger partial charge in [0.15, 0.2) is 0 Å². The van der Waals surface area contributed by atoms with Crippen LogP contribution in [0, 0.1) is 0 Å². The first kappa shape index (κ1) is 20.2. The molecule has 0 bridgehead atoms. The van der Waals surface area contributed by atoms with E-state index >= 15 is 0 Å². The summed E-state index contributed by atoms with van der Waals surface area (Å²) in [4.78, 5) is 14.1. The van der Waals surface area contributed by atoms with Gasteiger partial charge in [0.2, 0.25) is 5.91 Å². The van der Waals surface area contributed by atoms with Crippen LogP contribution in [0.15, 0.2) is 77.7 Å². The lowest BCUT2D eigenvalue weighted by Gasteiger charge is -2.29. The van der Waals surface area contributed by atoms with Crippen molar-refractivity contribution in [3.63, 3.8) is 0 Å². The molecule has 0 radical (unpaired) electrons. The molecule has 3 aromatic rings. The Hall–Kier alpha value is -3.12. The highest BCUT2D eigenvalue weighted by molar-refractivity contribution is 7.92. The maximum absolute atomic E-state index is 12.9. The minimum absolute atomic E-state index is 0.116. The fourth-order valence-electron chi connectivity index (χ4n) is 3.73. The zero-order valence-electron chi connectivity index (χ0n) is 16.8. The largest absolute Gasteiger partial charge is 0.338 e. The molecule has 0 unspecified atom stereocenters. The number of amides is 1. The van der Waals surface area contributed by atoms with Gasteiger partial charge in [-0.1, -0.05) is 55.5 Å². The Kier molecular flexibility index (Phi) is 5.59. The van der Waals surface area contributed by atoms with Crippen LogP contribution < -0.4 is 4.72 Å². The number of sulfonamides is 1. The van der Waals surface area contributed by atoms with Gasteiger partial charge < -0.3 is 4.90 Å². The molecule has 0 spiro atoms. The highest BCUT2D eigenvalue weighted by Crippen LogP contribution is 2.26. The maximum atomic E-state index is 12.9. The van der Waals surface area contributed by atoms with E-state index in [0.29, 0.717) is 25.2 Å². The predicted molar refractivity (Wildman–Crippen MR) is 119 cm³/mol. The number of hydrogen-bond donors (Lipinski definition) is 1. The summed E-state index contributed by atoms with van der Waals surface area (Å²) in [6, 6.07) is 22.2. The van der Waals surface area contributed by atoms with Crippen LogP contribution in [-0.2, 0) is 27.8 Å². The van der Waals surface area contributed by atoms with Crippen molar-refractivity contribution in [3.8, 4) is 11.1 Å². The van der Waals surface area contributed by atoms with E-state index in [1.54, 1.807) is 18.2 Å². The average Bonchev–Trinajstić information content (AvgIpc) is 2.78. The fraction of sp³-hybridized carbons (Fsp3) is 0.208. The standard InChI is InChI=1S/C24H24N2O3S/c1-2-24(27)26-15-14-20-8-11-22(16-21(20)17-26)25-30(28,29)23-12-9-19(10-13-23)18-6-4-3-5-7-18/h3-13,16,25H,2,14-15,17H2,1H3. The van der Waals surface area contributed by atoms with Gasteiger partial charge in [-0.25, -0.2) is 8.42 Å². The second-order valence-corrected chi connectivity index (χ2v) is 9.08. The summed E-state index contributed by atoms with van der Waals surface area (Å²) in [6.07, 6.45) is 1.26. The van der Waals surface area contributed by atoms with E-state index in [4.69, 9.17) is 0 Å². The monoisotopic (exact) mass is 420 g/mol. The van der Waals surface area contributed by atoms with Gasteiger partial charge in [0.1, 0.15) is 0 Å². The predicted octanol–water partition coefficient (Wildman–Crippen LogP) is 4.45. The first-order chi connectivity index (χ1) is 14.5. The van der Waals surface area contributed by atoms with Crippen molar-refractivity contribution in [1.29, 1.82) is 0 Å². The van der Waals surface area contributed by atoms with Gasteiger partial charge in [-0.2, -0.15) is 0 Å². The normalized spacial score (nSPS) is 13.6. The first-order valence-corrected chi connectivity index (χ1v) is 11.5. The third kappa shape index (κ3) is 4.24. The van der Waals surface area contributed by atoms with Crippen molar-refractivity contribution < 1.29 is 13.2 Å². The lowest BCUT2D eigenvalue weighted by atomic mass is 9.99. The van der Waals surface area contributed by atoms with Gasteiger partial charge in [0, 0.05) is 25.2 Å². The van der Waals surface area contributed by atoms with E-state index in [9.17, 15) is 13.2 Å². The molecule has 1 heterocycles. The molecule has 0 atom stereocenters. The van der Waals surface area contributed by atoms with Crippen LogP contribution in [0.1, 0.15) is 24.5 Å². The number of carbonyl (C=O) groups excluding carboxylic acids is 1. The number of hydrogen-bond acceptors (Lipinski definition) is 3. The van der Waals surface area contributed by atoms with Crippen molar-refractivity contribution >= 4 is 21.6 Å². The smallest absolute Gasteiger partial charge is 0.261 e. The minimum atomic E-state index is -3.70. The molecule has 6 heteroatoms. The molecule has 3 aromatic carbocycles. The third-order valence-electron chi connectivity index (χ3n) is 5.40. The summed E-state index contributed by atoms with van der Waals surface area (Å²) in [5.74, 6) is 0.116. The van der Waals surface area contributed by atoms with Gasteiger partial charge in [0.25, 0.3) is 10.0 Å². The summed E-state index contributed by atoms with van der Waals surface area (Å²) in [6.45, 7) is 3.08. The summed E-state index contributed by atoms with van der Waals surface area (Å²) < 4.78 is 28.4. The number of carbonyl (C=O) groups is 1. The summed E-state index contributed by atoms with van der Waals surface area (Å²) in [5.41, 5.74) is 4.65. The van der Waals surface area contributed by atoms with E-state index < -0.39 is 10.0 Å². The molecule has 0 fully saturated rings. The second kappa shape index (κ2) is 8.32. The molecular weight excluding hydrogens is 396 g/mol. The maximum Gasteiger partial charge on any atom is 0.261 e. The quantitative estimate of drug-likeness (QED) is 0.663. The fourth-order valence-corrected chi connectivity index (χ4v) is 4.78. The topological polar surface area (TPSA) is 66.5 Å². The molecular formula is C24H24N2O3S. The minimum Gasteiger partial charge on any atom is -0.338 e. The van der Waals surface area contributed by atoms with Gasteiger partial charge in [-0.05, 0) is 52.9 Å². The second-order valence-electron chi connectivity index (χ2n) is 7.40. The number of benzene rings is 3. The molecule has 0 saturated heterocycles. The van der Waals surface area contributed by atoms with Gasteiger partial charge >= 0.3 is 0 Å². The van der Waals surface area contributed by atoms with Crippen LogP contribution in [0.3, 0.4) is 0 Å². The molecule has 0 aliphatic carbocycles. The zero-order valence-corrected chi connectivity index (χ0v) is 17.7. The van der Waals surface area contributed by atoms with E-state index in [0.717, 1.165) is 28.7 Å². The SMILES string of the molecule is CCC(=O)N1CCc2ccc(NS(=O)(=O)c3ccc(-c4ccccc4)cc3)cc2C1. The van der Waals surface area contributed by atoms with E-state index in [1.807, 2.05) is 66.4 Å². The third-order valence-corrected chi connectivity index (χ3v) is 6.79. The average molecular weight is 421 g/mol. The molecule has 5 nitrogen and oxygen atoms in total. The van der Waals surface area contributed by atoms with Crippen molar-refractivity contribution in [3.05, 3.63) is 83.9 Å². The summed E-state index contributed by atoms with van der Waals surface area (Å²) in [5, 5.41) is 0. The Morgan fingerprint density at radius 3 is 2.33 bits per heavy atom. The van der Waals surface area contributed by atoms with Gasteiger partial charge in [-0.3, -0.25) is 9.52 Å². The lowest BCUT2D eigenvalue weighted by molar-refractivity contribution is -0.131. The number of anilines is 1. The molecule has 1 aliphatic heterocycles. The molecule has 1 aliphatic rings. The van der Waals surface area contributed by atoms with Crippen molar-refractivity contribution in [2.24, 2.45) is 0 Å². The van der Waals surface area contributed by atoms with Crippen LogP contribution in [0.2, 0.25) is 0 Å². The highest BCUT2D eigenvalue weighted by Gasteiger charge is 2.21. The van der Waals surface area contributed by atoms with E-state index in [1.165, 1.54) is 0 Å². The molecule has 30 heavy (non-hydrogen) atoms. The molecule has 1 amide bonds. The number of nitrogens with one attached hydrogen (secondary N) is 1. The first-order valence-electron chi connectivity index (χ1n) is 10.0. The number of nitrogens with zero attached hydrogens (tertiary/aromatic N) is 1. The van der Waals surface area contributed by atoms with Crippen LogP contribution >= 0.6 is 0 Å². The van der Waals surface area contributed by atoms with Crippen LogP contribution in [0.25, 0.3) is 11.1 Å². The summed E-state index contributed by atoms with van der Waals surface area (Å²) >= 11 is 0. The Balaban J connectivity index is 1.53. The Morgan fingerprint density at radius 1 is 0.933 bits per heavy atom. The Labute approximate surface area is 177 Å². The van der Waals surface area contributed by atoms with Crippen LogP contribution in [0.4, 0.5) is 5.69 Å². The van der Waals surface area contributed by atoms with Crippen LogP contribution in [0.5, 0.6) is 0 Å². The van der Waals surface area contributed by atoms with Gasteiger partial charge in [-0.15, -0.1) is 0 Å². The summed E-state index contributed by atoms with van der Waals surface area (Å²) in [7, 11) is -3.70. The molecule has 1 N–H and O–H groups in total. The van der Waals surface area contributed by atoms with Crippen molar-refractivity contribution in [2.75, 3.05) is 11.3 Å². The van der Waals surface area contributed by atoms with E-state index in [2.05, 4.69) is 4.72 Å². The lowest BCUT2D eigenvalue weighted by Crippen LogP contribution is -2.35. The van der Waals surface area contributed by atoms with Gasteiger partial charge in [0.05, 0.1) is 4.90 Å². The number of rotatable bonds is 5. The number of fused-ring (bicyclic) bond motifs is 1. The Bertz CT molecular complexity index is 1160. The molecule has 154 valence electrons. The zero-order chi connectivity index (χ0) is 21.1. The van der Waals surface area contributed by atoms with Crippen molar-refractivity contribution in [2.45, 2.75) is 31.2 Å². The van der Waals surface area contributed by atoms with Crippen LogP contribution in [-0.4, -0.2) is 25.8 Å². The molecule has 4 rings (SSSR count). The molecule has 0 saturated carbocycles.